The summed E-state index contributed by atoms with van der Waals surface area (Å²) < 4.78 is 0. The van der Waals surface area contributed by atoms with E-state index in [0.29, 0.717) is 5.31 Å². The molecule has 0 aromatic carbocycles. The molecule has 0 nitrogen and oxygen atoms in total. The van der Waals surface area contributed by atoms with Crippen molar-refractivity contribution in [2.75, 3.05) is 0 Å². The van der Waals surface area contributed by atoms with Crippen LogP contribution >= 0.6 is 0 Å². The minimum atomic E-state index is 0.638. The minimum absolute atomic E-state index is 0.638. The standard InChI is InChI=1S/C10H18B/c1-10-7-3-2-5-9(11-10)6-4-8-10/h9H,2-8H2,1H3. The Bertz CT molecular complexity index is 144. The zero-order chi connectivity index (χ0) is 7.73. The summed E-state index contributed by atoms with van der Waals surface area (Å²) in [6, 6.07) is 0. The van der Waals surface area contributed by atoms with Gasteiger partial charge >= 0.3 is 0 Å². The Balaban J connectivity index is 2.07. The van der Waals surface area contributed by atoms with Gasteiger partial charge in [-0.25, -0.2) is 0 Å². The smallest absolute Gasteiger partial charge is 0.0682 e. The molecule has 1 radical (unpaired) electrons. The Hall–Kier alpha value is 0.0649. The van der Waals surface area contributed by atoms with E-state index < -0.39 is 0 Å². The number of hydrogen-bond donors (Lipinski definition) is 0. The molecule has 2 saturated heterocycles. The molecule has 11 heavy (non-hydrogen) atoms. The molecular formula is C10H18B. The van der Waals surface area contributed by atoms with Crippen LogP contribution in [0.2, 0.25) is 11.1 Å². The summed E-state index contributed by atoms with van der Waals surface area (Å²) >= 11 is 0. The van der Waals surface area contributed by atoms with Crippen molar-refractivity contribution in [3.63, 3.8) is 0 Å². The van der Waals surface area contributed by atoms with Crippen molar-refractivity contribution >= 4 is 7.28 Å². The summed E-state index contributed by atoms with van der Waals surface area (Å²) in [4.78, 5) is 0. The molecule has 0 aliphatic carbocycles. The van der Waals surface area contributed by atoms with E-state index in [1.165, 1.54) is 44.9 Å². The summed E-state index contributed by atoms with van der Waals surface area (Å²) in [6.45, 7) is 2.46. The van der Waals surface area contributed by atoms with Crippen LogP contribution in [0.5, 0.6) is 0 Å². The van der Waals surface area contributed by atoms with Crippen molar-refractivity contribution in [2.24, 2.45) is 0 Å². The molecule has 2 aliphatic heterocycles. The number of fused-ring (bicyclic) bond motifs is 2. The van der Waals surface area contributed by atoms with Crippen LogP contribution in [0.4, 0.5) is 0 Å². The molecule has 2 fully saturated rings. The van der Waals surface area contributed by atoms with Gasteiger partial charge in [0.1, 0.15) is 7.28 Å². The summed E-state index contributed by atoms with van der Waals surface area (Å²) in [6.07, 6.45) is 10.3. The SMILES string of the molecule is CC12[B]C(CCCC1)CCC2. The molecule has 2 unspecified atom stereocenters. The molecule has 0 saturated carbocycles. The topological polar surface area (TPSA) is 0 Å². The first-order chi connectivity index (χ1) is 5.29. The van der Waals surface area contributed by atoms with Crippen molar-refractivity contribution in [3.8, 4) is 0 Å². The molecule has 0 aromatic rings. The lowest BCUT2D eigenvalue weighted by Crippen LogP contribution is -2.24. The molecule has 2 rings (SSSR count). The Morgan fingerprint density at radius 3 is 2.73 bits per heavy atom. The van der Waals surface area contributed by atoms with E-state index in [0.717, 1.165) is 5.82 Å². The van der Waals surface area contributed by atoms with E-state index in [-0.39, 0.29) is 0 Å². The van der Waals surface area contributed by atoms with Gasteiger partial charge in [-0.3, -0.25) is 0 Å². The van der Waals surface area contributed by atoms with Crippen molar-refractivity contribution in [3.05, 3.63) is 0 Å². The minimum Gasteiger partial charge on any atom is -0.0682 e. The zero-order valence-corrected chi connectivity index (χ0v) is 7.60. The molecule has 2 aliphatic rings. The highest BCUT2D eigenvalue weighted by atomic mass is 14.3. The van der Waals surface area contributed by atoms with E-state index in [4.69, 9.17) is 0 Å². The predicted octanol–water partition coefficient (Wildman–Crippen LogP) is 3.42. The fraction of sp³-hybridized carbons (Fsp3) is 1.00. The maximum atomic E-state index is 2.67. The van der Waals surface area contributed by atoms with Gasteiger partial charge in [0.05, 0.1) is 0 Å². The van der Waals surface area contributed by atoms with Crippen LogP contribution in [-0.2, 0) is 0 Å². The van der Waals surface area contributed by atoms with Gasteiger partial charge in [0.25, 0.3) is 0 Å². The second-order valence-corrected chi connectivity index (χ2v) is 4.72. The second-order valence-electron chi connectivity index (χ2n) is 4.72. The largest absolute Gasteiger partial charge is 0.121 e. The fourth-order valence-electron chi connectivity index (χ4n) is 2.88. The van der Waals surface area contributed by atoms with Gasteiger partial charge < -0.3 is 0 Å². The van der Waals surface area contributed by atoms with Gasteiger partial charge in [0.15, 0.2) is 0 Å². The van der Waals surface area contributed by atoms with E-state index in [2.05, 4.69) is 14.2 Å². The van der Waals surface area contributed by atoms with Crippen LogP contribution in [0.1, 0.15) is 51.9 Å². The average Bonchev–Trinajstić information content (AvgIpc) is 2.09. The molecular weight excluding hydrogens is 131 g/mol. The lowest BCUT2D eigenvalue weighted by atomic mass is 9.40. The number of rotatable bonds is 0. The summed E-state index contributed by atoms with van der Waals surface area (Å²) in [5, 5.41) is 0.638. The van der Waals surface area contributed by atoms with Gasteiger partial charge in [0.2, 0.25) is 0 Å². The molecule has 1 heteroatoms. The first kappa shape index (κ1) is 7.70. The summed E-state index contributed by atoms with van der Waals surface area (Å²) in [7, 11) is 2.67. The fourth-order valence-corrected chi connectivity index (χ4v) is 2.88. The third-order valence-corrected chi connectivity index (χ3v) is 3.53. The molecule has 2 heterocycles. The van der Waals surface area contributed by atoms with Gasteiger partial charge in [0, 0.05) is 0 Å². The monoisotopic (exact) mass is 149 g/mol. The van der Waals surface area contributed by atoms with Crippen LogP contribution in [0.15, 0.2) is 0 Å². The van der Waals surface area contributed by atoms with Crippen molar-refractivity contribution in [2.45, 2.75) is 63.0 Å². The summed E-state index contributed by atoms with van der Waals surface area (Å²) in [5.41, 5.74) is 0. The number of hydrogen-bond acceptors (Lipinski definition) is 0. The van der Waals surface area contributed by atoms with Gasteiger partial charge in [-0.1, -0.05) is 63.0 Å². The van der Waals surface area contributed by atoms with Crippen molar-refractivity contribution in [1.82, 2.24) is 0 Å². The van der Waals surface area contributed by atoms with Gasteiger partial charge in [-0.05, 0) is 0 Å². The first-order valence-electron chi connectivity index (χ1n) is 5.15. The zero-order valence-electron chi connectivity index (χ0n) is 7.60. The summed E-state index contributed by atoms with van der Waals surface area (Å²) in [5.74, 6) is 0.983. The lowest BCUT2D eigenvalue weighted by molar-refractivity contribution is 0.457. The second kappa shape index (κ2) is 2.84. The molecule has 0 spiro atoms. The Kier molecular flexibility index (Phi) is 1.99. The lowest BCUT2D eigenvalue weighted by Gasteiger charge is -2.35. The highest BCUT2D eigenvalue weighted by molar-refractivity contribution is 6.42. The maximum Gasteiger partial charge on any atom is 0.121 e. The molecule has 0 amide bonds. The highest BCUT2D eigenvalue weighted by Crippen LogP contribution is 2.48. The maximum absolute atomic E-state index is 2.67. The van der Waals surface area contributed by atoms with Crippen LogP contribution < -0.4 is 0 Å². The molecule has 2 atom stereocenters. The van der Waals surface area contributed by atoms with Gasteiger partial charge in [-0.15, -0.1) is 0 Å². The molecule has 61 valence electrons. The quantitative estimate of drug-likeness (QED) is 0.463. The average molecular weight is 149 g/mol. The molecule has 0 N–H and O–H groups in total. The van der Waals surface area contributed by atoms with Crippen molar-refractivity contribution in [1.29, 1.82) is 0 Å². The van der Waals surface area contributed by atoms with E-state index in [1.807, 2.05) is 0 Å². The van der Waals surface area contributed by atoms with Crippen LogP contribution in [0.25, 0.3) is 0 Å². The molecule has 2 bridgehead atoms. The predicted molar refractivity (Wildman–Crippen MR) is 50.2 cm³/mol. The van der Waals surface area contributed by atoms with Crippen molar-refractivity contribution < 1.29 is 0 Å². The Morgan fingerprint density at radius 2 is 1.82 bits per heavy atom. The van der Waals surface area contributed by atoms with Crippen LogP contribution in [0.3, 0.4) is 0 Å². The van der Waals surface area contributed by atoms with Crippen LogP contribution in [-0.4, -0.2) is 7.28 Å². The Labute approximate surface area is 71.0 Å². The van der Waals surface area contributed by atoms with E-state index >= 15 is 0 Å². The Morgan fingerprint density at radius 1 is 1.09 bits per heavy atom. The van der Waals surface area contributed by atoms with Gasteiger partial charge in [-0.2, -0.15) is 0 Å². The third kappa shape index (κ3) is 1.63. The first-order valence-corrected chi connectivity index (χ1v) is 5.15. The normalized spacial score (nSPS) is 44.3. The van der Waals surface area contributed by atoms with E-state index in [1.54, 1.807) is 0 Å². The van der Waals surface area contributed by atoms with E-state index in [9.17, 15) is 0 Å². The molecule has 0 aromatic heterocycles. The third-order valence-electron chi connectivity index (χ3n) is 3.53. The highest BCUT2D eigenvalue weighted by Gasteiger charge is 2.34. The van der Waals surface area contributed by atoms with Crippen LogP contribution in [0, 0.1) is 0 Å².